The normalized spacial score (nSPS) is 18.0. The van der Waals surface area contributed by atoms with E-state index in [1.165, 1.54) is 0 Å². The molecule has 1 fully saturated rings. The fourth-order valence-electron chi connectivity index (χ4n) is 2.93. The van der Waals surface area contributed by atoms with E-state index in [-0.39, 0.29) is 17.5 Å². The number of piperidine rings is 1. The summed E-state index contributed by atoms with van der Waals surface area (Å²) in [6, 6.07) is 1.61. The van der Waals surface area contributed by atoms with Gasteiger partial charge in [0.1, 0.15) is 5.69 Å². The molecule has 1 N–H and O–H groups in total. The Morgan fingerprint density at radius 2 is 2.13 bits per heavy atom. The van der Waals surface area contributed by atoms with Gasteiger partial charge in [-0.1, -0.05) is 0 Å². The van der Waals surface area contributed by atoms with Crippen LogP contribution in [0.3, 0.4) is 0 Å². The van der Waals surface area contributed by atoms with Crippen molar-refractivity contribution in [2.75, 3.05) is 13.1 Å². The van der Waals surface area contributed by atoms with Gasteiger partial charge in [-0.15, -0.1) is 0 Å². The smallest absolute Gasteiger partial charge is 0.337 e. The van der Waals surface area contributed by atoms with Crippen LogP contribution in [-0.4, -0.2) is 43.8 Å². The Balaban J connectivity index is 1.80. The Morgan fingerprint density at radius 1 is 1.30 bits per heavy atom. The van der Waals surface area contributed by atoms with Crippen molar-refractivity contribution in [3.05, 3.63) is 51.7 Å². The summed E-state index contributed by atoms with van der Waals surface area (Å²) in [5, 5.41) is 0. The summed E-state index contributed by atoms with van der Waals surface area (Å²) in [7, 11) is 0. The van der Waals surface area contributed by atoms with Gasteiger partial charge in [0.25, 0.3) is 5.91 Å². The second-order valence-electron chi connectivity index (χ2n) is 5.93. The number of amides is 1. The predicted molar refractivity (Wildman–Crippen MR) is 84.2 cm³/mol. The Morgan fingerprint density at radius 3 is 2.87 bits per heavy atom. The Kier molecular flexibility index (Phi) is 4.18. The number of hydrogen-bond donors (Lipinski definition) is 1. The van der Waals surface area contributed by atoms with Gasteiger partial charge in [-0.2, -0.15) is 4.98 Å². The number of hydrogen-bond acceptors (Lipinski definition) is 5. The van der Waals surface area contributed by atoms with E-state index in [1.807, 2.05) is 6.92 Å². The Labute approximate surface area is 133 Å². The molecule has 2 aromatic rings. The highest BCUT2D eigenvalue weighted by molar-refractivity contribution is 5.92. The number of aromatic nitrogens is 4. The molecule has 1 atom stereocenters. The summed E-state index contributed by atoms with van der Waals surface area (Å²) < 4.78 is 0. The molecular weight excluding hydrogens is 294 g/mol. The van der Waals surface area contributed by atoms with Gasteiger partial charge in [0, 0.05) is 37.1 Å². The van der Waals surface area contributed by atoms with Crippen LogP contribution in [0.25, 0.3) is 0 Å². The van der Waals surface area contributed by atoms with Crippen molar-refractivity contribution in [1.29, 1.82) is 0 Å². The third kappa shape index (κ3) is 3.44. The van der Waals surface area contributed by atoms with Crippen molar-refractivity contribution in [2.45, 2.75) is 32.6 Å². The van der Waals surface area contributed by atoms with E-state index in [4.69, 9.17) is 0 Å². The van der Waals surface area contributed by atoms with E-state index < -0.39 is 5.69 Å². The van der Waals surface area contributed by atoms with Crippen LogP contribution in [0.15, 0.2) is 23.3 Å². The highest BCUT2D eigenvalue weighted by Gasteiger charge is 2.27. The zero-order valence-electron chi connectivity index (χ0n) is 13.2. The molecule has 0 aromatic carbocycles. The molecule has 0 aliphatic carbocycles. The zero-order valence-corrected chi connectivity index (χ0v) is 13.2. The number of nitrogens with zero attached hydrogens (tertiary/aromatic N) is 4. The number of rotatable bonds is 2. The molecule has 7 nitrogen and oxygen atoms in total. The van der Waals surface area contributed by atoms with Crippen LogP contribution in [0, 0.1) is 13.8 Å². The minimum absolute atomic E-state index is 0.170. The maximum Gasteiger partial charge on any atom is 0.345 e. The first-order valence-electron chi connectivity index (χ1n) is 7.69. The highest BCUT2D eigenvalue weighted by Crippen LogP contribution is 2.26. The van der Waals surface area contributed by atoms with E-state index in [1.54, 1.807) is 30.3 Å². The molecule has 0 radical (unpaired) electrons. The van der Waals surface area contributed by atoms with Crippen LogP contribution in [0.4, 0.5) is 0 Å². The third-order valence-corrected chi connectivity index (χ3v) is 4.00. The first-order valence-corrected chi connectivity index (χ1v) is 7.69. The van der Waals surface area contributed by atoms with Gasteiger partial charge in [0.2, 0.25) is 0 Å². The third-order valence-electron chi connectivity index (χ3n) is 4.00. The lowest BCUT2D eigenvalue weighted by Gasteiger charge is -2.32. The van der Waals surface area contributed by atoms with Gasteiger partial charge < -0.3 is 9.88 Å². The number of nitrogens with one attached hydrogen (secondary N) is 1. The van der Waals surface area contributed by atoms with E-state index in [0.29, 0.717) is 18.8 Å². The largest absolute Gasteiger partial charge is 0.345 e. The first kappa shape index (κ1) is 15.3. The average molecular weight is 313 g/mol. The summed E-state index contributed by atoms with van der Waals surface area (Å²) in [6.07, 6.45) is 5.36. The van der Waals surface area contributed by atoms with Crippen LogP contribution in [0.5, 0.6) is 0 Å². The molecule has 0 bridgehead atoms. The summed E-state index contributed by atoms with van der Waals surface area (Å²) in [5.74, 6) is -0.0345. The van der Waals surface area contributed by atoms with E-state index >= 15 is 0 Å². The van der Waals surface area contributed by atoms with E-state index in [2.05, 4.69) is 19.9 Å². The lowest BCUT2D eigenvalue weighted by Crippen LogP contribution is -2.40. The quantitative estimate of drug-likeness (QED) is 0.899. The van der Waals surface area contributed by atoms with E-state index in [9.17, 15) is 9.59 Å². The summed E-state index contributed by atoms with van der Waals surface area (Å²) in [5.41, 5.74) is 2.12. The number of aromatic amines is 1. The molecule has 2 aromatic heterocycles. The SMILES string of the molecule is Cc1cncc(C2CCCN(C(=O)c3cc(C)[nH]c(=O)n3)C2)n1. The maximum atomic E-state index is 12.6. The molecule has 1 aliphatic rings. The van der Waals surface area contributed by atoms with Crippen molar-refractivity contribution >= 4 is 5.91 Å². The fraction of sp³-hybridized carbons (Fsp3) is 0.438. The number of carbonyl (C=O) groups excluding carboxylic acids is 1. The second-order valence-corrected chi connectivity index (χ2v) is 5.93. The highest BCUT2D eigenvalue weighted by atomic mass is 16.2. The molecule has 3 rings (SSSR count). The van der Waals surface area contributed by atoms with Crippen molar-refractivity contribution < 1.29 is 4.79 Å². The molecule has 3 heterocycles. The molecule has 23 heavy (non-hydrogen) atoms. The number of H-pyrrole nitrogens is 1. The summed E-state index contributed by atoms with van der Waals surface area (Å²) in [4.78, 5) is 40.9. The zero-order chi connectivity index (χ0) is 16.4. The van der Waals surface area contributed by atoms with Crippen LogP contribution >= 0.6 is 0 Å². The lowest BCUT2D eigenvalue weighted by molar-refractivity contribution is 0.0699. The van der Waals surface area contributed by atoms with Crippen molar-refractivity contribution in [1.82, 2.24) is 24.8 Å². The van der Waals surface area contributed by atoms with Gasteiger partial charge in [-0.3, -0.25) is 14.8 Å². The van der Waals surface area contributed by atoms with Gasteiger partial charge in [-0.25, -0.2) is 4.79 Å². The molecule has 1 amide bonds. The number of likely N-dealkylation sites (tertiary alicyclic amines) is 1. The molecule has 1 aliphatic heterocycles. The van der Waals surface area contributed by atoms with Crippen LogP contribution in [0.2, 0.25) is 0 Å². The lowest BCUT2D eigenvalue weighted by atomic mass is 9.94. The molecular formula is C16H19N5O2. The molecule has 0 spiro atoms. The Hall–Kier alpha value is -2.57. The molecule has 120 valence electrons. The summed E-state index contributed by atoms with van der Waals surface area (Å²) >= 11 is 0. The van der Waals surface area contributed by atoms with Gasteiger partial charge >= 0.3 is 5.69 Å². The van der Waals surface area contributed by atoms with Gasteiger partial charge in [0.15, 0.2) is 0 Å². The summed E-state index contributed by atoms with van der Waals surface area (Å²) in [6.45, 7) is 4.89. The second kappa shape index (κ2) is 6.28. The first-order chi connectivity index (χ1) is 11.0. The molecule has 7 heteroatoms. The van der Waals surface area contributed by atoms with Gasteiger partial charge in [0.05, 0.1) is 11.4 Å². The number of aryl methyl sites for hydroxylation is 2. The Bertz CT molecular complexity index is 786. The van der Waals surface area contributed by atoms with Crippen LogP contribution < -0.4 is 5.69 Å². The fourth-order valence-corrected chi connectivity index (χ4v) is 2.93. The average Bonchev–Trinajstić information content (AvgIpc) is 2.53. The topological polar surface area (TPSA) is 91.8 Å². The monoisotopic (exact) mass is 313 g/mol. The van der Waals surface area contributed by atoms with Gasteiger partial charge in [-0.05, 0) is 32.8 Å². The number of carbonyl (C=O) groups is 1. The van der Waals surface area contributed by atoms with Crippen molar-refractivity contribution in [2.24, 2.45) is 0 Å². The minimum Gasteiger partial charge on any atom is -0.337 e. The predicted octanol–water partition coefficient (Wildman–Crippen LogP) is 1.20. The maximum absolute atomic E-state index is 12.6. The van der Waals surface area contributed by atoms with Crippen LogP contribution in [0.1, 0.15) is 46.3 Å². The standard InChI is InChI=1S/C16H19N5O2/c1-10-6-13(20-16(23)19-10)15(22)21-5-3-4-12(9-21)14-8-17-7-11(2)18-14/h6-8,12H,3-5,9H2,1-2H3,(H,19,20,23). The molecule has 1 unspecified atom stereocenters. The van der Waals surface area contributed by atoms with Crippen molar-refractivity contribution in [3.8, 4) is 0 Å². The van der Waals surface area contributed by atoms with Crippen molar-refractivity contribution in [3.63, 3.8) is 0 Å². The molecule has 0 saturated carbocycles. The van der Waals surface area contributed by atoms with Crippen LogP contribution in [-0.2, 0) is 0 Å². The van der Waals surface area contributed by atoms with E-state index in [0.717, 1.165) is 24.2 Å². The molecule has 1 saturated heterocycles. The minimum atomic E-state index is -0.494.